The molecule has 2 aromatic carbocycles. The van der Waals surface area contributed by atoms with Crippen LogP contribution in [0.25, 0.3) is 12.2 Å². The van der Waals surface area contributed by atoms with E-state index in [1.165, 1.54) is 48.6 Å². The molecule has 0 radical (unpaired) electrons. The van der Waals surface area contributed by atoms with Crippen molar-refractivity contribution in [3.05, 3.63) is 70.8 Å². The fourth-order valence-electron chi connectivity index (χ4n) is 2.33. The third kappa shape index (κ3) is 5.90. The molecule has 0 amide bonds. The highest BCUT2D eigenvalue weighted by atomic mass is 16.4. The van der Waals surface area contributed by atoms with Crippen LogP contribution in [0.1, 0.15) is 38.3 Å². The molecule has 0 atom stereocenters. The molecule has 0 unspecified atom stereocenters. The van der Waals surface area contributed by atoms with Crippen LogP contribution in [0.5, 0.6) is 11.5 Å². The van der Waals surface area contributed by atoms with Crippen LogP contribution in [0.3, 0.4) is 0 Å². The van der Waals surface area contributed by atoms with E-state index in [-0.39, 0.29) is 11.1 Å². The Kier molecular flexibility index (Phi) is 6.65. The Labute approximate surface area is 164 Å². The van der Waals surface area contributed by atoms with E-state index in [2.05, 4.69) is 0 Å². The van der Waals surface area contributed by atoms with E-state index in [0.717, 1.165) is 12.2 Å². The summed E-state index contributed by atoms with van der Waals surface area (Å²) in [7, 11) is 0. The highest BCUT2D eigenvalue weighted by Crippen LogP contribution is 2.20. The van der Waals surface area contributed by atoms with Gasteiger partial charge in [0.15, 0.2) is 11.6 Å². The summed E-state index contributed by atoms with van der Waals surface area (Å²) in [5.74, 6) is -4.49. The zero-order valence-electron chi connectivity index (χ0n) is 14.9. The summed E-state index contributed by atoms with van der Waals surface area (Å²) >= 11 is 0. The van der Waals surface area contributed by atoms with Gasteiger partial charge in [0.2, 0.25) is 0 Å². The summed E-state index contributed by atoms with van der Waals surface area (Å²) < 4.78 is 0. The van der Waals surface area contributed by atoms with Crippen molar-refractivity contribution in [2.24, 2.45) is 0 Å². The molecular formula is C21H16O8. The summed E-state index contributed by atoms with van der Waals surface area (Å²) in [6, 6.07) is 7.58. The Morgan fingerprint density at radius 1 is 0.690 bits per heavy atom. The molecule has 0 aromatic heterocycles. The SMILES string of the molecule is O=C(C=Cc1ccc(O)c(C(=O)O)c1)CC(=O)C=Cc1ccc(O)c(C(=O)O)c1. The smallest absolute Gasteiger partial charge is 0.339 e. The number of phenols is 2. The second-order valence-electron chi connectivity index (χ2n) is 5.94. The summed E-state index contributed by atoms with van der Waals surface area (Å²) in [5, 5.41) is 36.8. The first-order valence-corrected chi connectivity index (χ1v) is 8.22. The molecule has 0 fully saturated rings. The number of carboxylic acid groups (broad SMARTS) is 2. The summed E-state index contributed by atoms with van der Waals surface area (Å²) in [6.07, 6.45) is 4.44. The highest BCUT2D eigenvalue weighted by Gasteiger charge is 2.11. The molecule has 8 nitrogen and oxygen atoms in total. The number of rotatable bonds is 8. The molecule has 4 N–H and O–H groups in total. The number of hydrogen-bond donors (Lipinski definition) is 4. The van der Waals surface area contributed by atoms with Gasteiger partial charge in [-0.25, -0.2) is 9.59 Å². The van der Waals surface area contributed by atoms with Gasteiger partial charge in [-0.1, -0.05) is 24.3 Å². The third-order valence-electron chi connectivity index (χ3n) is 3.77. The van der Waals surface area contributed by atoms with Crippen LogP contribution < -0.4 is 0 Å². The number of carbonyl (C=O) groups excluding carboxylic acids is 2. The van der Waals surface area contributed by atoms with Crippen LogP contribution in [0.4, 0.5) is 0 Å². The molecular weight excluding hydrogens is 380 g/mol. The highest BCUT2D eigenvalue weighted by molar-refractivity contribution is 6.11. The Morgan fingerprint density at radius 3 is 1.41 bits per heavy atom. The molecule has 0 spiro atoms. The lowest BCUT2D eigenvalue weighted by Crippen LogP contribution is -2.02. The minimum atomic E-state index is -1.32. The van der Waals surface area contributed by atoms with Crippen LogP contribution in [0.2, 0.25) is 0 Å². The van der Waals surface area contributed by atoms with Crippen molar-refractivity contribution in [3.63, 3.8) is 0 Å². The van der Waals surface area contributed by atoms with Crippen LogP contribution in [-0.4, -0.2) is 43.9 Å². The van der Waals surface area contributed by atoms with Crippen molar-refractivity contribution in [1.29, 1.82) is 0 Å². The molecule has 29 heavy (non-hydrogen) atoms. The normalized spacial score (nSPS) is 11.0. The predicted molar refractivity (Wildman–Crippen MR) is 103 cm³/mol. The van der Waals surface area contributed by atoms with E-state index < -0.39 is 41.4 Å². The predicted octanol–water partition coefficient (Wildman–Crippen LogP) is 2.75. The van der Waals surface area contributed by atoms with Gasteiger partial charge in [-0.2, -0.15) is 0 Å². The number of carboxylic acids is 2. The fourth-order valence-corrected chi connectivity index (χ4v) is 2.33. The lowest BCUT2D eigenvalue weighted by Gasteiger charge is -2.01. The van der Waals surface area contributed by atoms with Crippen LogP contribution in [-0.2, 0) is 9.59 Å². The molecule has 0 heterocycles. The van der Waals surface area contributed by atoms with E-state index >= 15 is 0 Å². The van der Waals surface area contributed by atoms with Gasteiger partial charge in [0.05, 0.1) is 6.42 Å². The molecule has 2 rings (SSSR count). The molecule has 0 aliphatic carbocycles. The Hall–Kier alpha value is -4.20. The average Bonchev–Trinajstić information content (AvgIpc) is 2.66. The minimum Gasteiger partial charge on any atom is -0.507 e. The first-order chi connectivity index (χ1) is 13.7. The van der Waals surface area contributed by atoms with Gasteiger partial charge >= 0.3 is 11.9 Å². The van der Waals surface area contributed by atoms with Crippen LogP contribution in [0.15, 0.2) is 48.6 Å². The van der Waals surface area contributed by atoms with Gasteiger partial charge in [0.1, 0.15) is 22.6 Å². The maximum Gasteiger partial charge on any atom is 0.339 e. The molecule has 0 saturated carbocycles. The van der Waals surface area contributed by atoms with Crippen LogP contribution in [0, 0.1) is 0 Å². The first-order valence-electron chi connectivity index (χ1n) is 8.22. The number of carbonyl (C=O) groups is 4. The lowest BCUT2D eigenvalue weighted by atomic mass is 10.1. The summed E-state index contributed by atoms with van der Waals surface area (Å²) in [5.41, 5.74) is 0.102. The van der Waals surface area contributed by atoms with E-state index in [4.69, 9.17) is 10.2 Å². The molecule has 2 aromatic rings. The molecule has 0 aliphatic rings. The number of allylic oxidation sites excluding steroid dienone is 2. The van der Waals surface area contributed by atoms with Crippen molar-refractivity contribution in [2.45, 2.75) is 6.42 Å². The van der Waals surface area contributed by atoms with Crippen molar-refractivity contribution in [3.8, 4) is 11.5 Å². The quantitative estimate of drug-likeness (QED) is 0.393. The van der Waals surface area contributed by atoms with Gasteiger partial charge in [0, 0.05) is 0 Å². The molecule has 0 bridgehead atoms. The Morgan fingerprint density at radius 2 is 1.07 bits per heavy atom. The fraction of sp³-hybridized carbons (Fsp3) is 0.0476. The number of aromatic hydroxyl groups is 2. The standard InChI is InChI=1S/C21H16O8/c22-14(5-1-12-3-7-18(24)16(9-12)20(26)27)11-15(23)6-2-13-4-8-19(25)17(10-13)21(28)29/h1-10,24-25H,11H2,(H,26,27)(H,28,29). The van der Waals surface area contributed by atoms with Crippen molar-refractivity contribution < 1.29 is 39.6 Å². The topological polar surface area (TPSA) is 149 Å². The van der Waals surface area contributed by atoms with Gasteiger partial charge in [-0.05, 0) is 47.5 Å². The number of ketones is 2. The second kappa shape index (κ2) is 9.14. The molecule has 0 saturated heterocycles. The van der Waals surface area contributed by atoms with E-state index in [0.29, 0.717) is 11.1 Å². The monoisotopic (exact) mass is 396 g/mol. The maximum absolute atomic E-state index is 11.9. The molecule has 148 valence electrons. The van der Waals surface area contributed by atoms with Gasteiger partial charge in [0.25, 0.3) is 0 Å². The zero-order valence-corrected chi connectivity index (χ0v) is 14.9. The van der Waals surface area contributed by atoms with E-state index in [1.807, 2.05) is 0 Å². The largest absolute Gasteiger partial charge is 0.507 e. The Bertz CT molecular complexity index is 963. The van der Waals surface area contributed by atoms with Gasteiger partial charge in [-0.3, -0.25) is 9.59 Å². The van der Waals surface area contributed by atoms with Gasteiger partial charge < -0.3 is 20.4 Å². The minimum absolute atomic E-state index is 0.312. The average molecular weight is 396 g/mol. The third-order valence-corrected chi connectivity index (χ3v) is 3.77. The number of aromatic carboxylic acids is 2. The lowest BCUT2D eigenvalue weighted by molar-refractivity contribution is -0.121. The van der Waals surface area contributed by atoms with Crippen molar-refractivity contribution in [2.75, 3.05) is 0 Å². The number of benzene rings is 2. The second-order valence-corrected chi connectivity index (χ2v) is 5.94. The maximum atomic E-state index is 11.9. The van der Waals surface area contributed by atoms with Crippen molar-refractivity contribution in [1.82, 2.24) is 0 Å². The van der Waals surface area contributed by atoms with Crippen molar-refractivity contribution >= 4 is 35.7 Å². The van der Waals surface area contributed by atoms with E-state index in [9.17, 15) is 29.4 Å². The van der Waals surface area contributed by atoms with Gasteiger partial charge in [-0.15, -0.1) is 0 Å². The summed E-state index contributed by atoms with van der Waals surface area (Å²) in [6.45, 7) is 0. The molecule has 0 aliphatic heterocycles. The van der Waals surface area contributed by atoms with E-state index in [1.54, 1.807) is 0 Å². The first kappa shape index (κ1) is 21.1. The Balaban J connectivity index is 2.01. The van der Waals surface area contributed by atoms with Crippen LogP contribution >= 0.6 is 0 Å². The molecule has 8 heteroatoms. The zero-order chi connectivity index (χ0) is 21.6. The number of hydrogen-bond acceptors (Lipinski definition) is 6. The summed E-state index contributed by atoms with van der Waals surface area (Å²) in [4.78, 5) is 45.7.